The lowest BCUT2D eigenvalue weighted by molar-refractivity contribution is 0.455. The summed E-state index contributed by atoms with van der Waals surface area (Å²) in [7, 11) is 0. The van der Waals surface area contributed by atoms with E-state index in [1.165, 1.54) is 11.8 Å². The van der Waals surface area contributed by atoms with Gasteiger partial charge in [0.1, 0.15) is 10.9 Å². The summed E-state index contributed by atoms with van der Waals surface area (Å²) < 4.78 is 5.71. The van der Waals surface area contributed by atoms with Crippen molar-refractivity contribution in [3.63, 3.8) is 0 Å². The average Bonchev–Trinajstić information content (AvgIpc) is 2.26. The first-order valence-electron chi connectivity index (χ1n) is 5.41. The van der Waals surface area contributed by atoms with Gasteiger partial charge in [-0.2, -0.15) is 4.98 Å². The van der Waals surface area contributed by atoms with E-state index in [1.54, 1.807) is 6.07 Å². The Kier molecular flexibility index (Phi) is 4.09. The van der Waals surface area contributed by atoms with Crippen molar-refractivity contribution in [2.45, 2.75) is 19.0 Å². The van der Waals surface area contributed by atoms with Crippen LogP contribution in [0.2, 0.25) is 5.15 Å². The third-order valence-electron chi connectivity index (χ3n) is 2.25. The molecule has 3 nitrogen and oxygen atoms in total. The summed E-state index contributed by atoms with van der Waals surface area (Å²) in [6, 6.07) is 7.62. The molecule has 2 aromatic rings. The first-order chi connectivity index (χ1) is 8.56. The van der Waals surface area contributed by atoms with Gasteiger partial charge in [-0.15, -0.1) is 0 Å². The van der Waals surface area contributed by atoms with E-state index in [1.807, 2.05) is 32.2 Å². The zero-order chi connectivity index (χ0) is 13.1. The van der Waals surface area contributed by atoms with Gasteiger partial charge >= 0.3 is 0 Å². The highest BCUT2D eigenvalue weighted by Crippen LogP contribution is 2.25. The Balaban J connectivity index is 2.30. The van der Waals surface area contributed by atoms with Crippen molar-refractivity contribution < 1.29 is 4.74 Å². The van der Waals surface area contributed by atoms with Crippen molar-refractivity contribution in [2.24, 2.45) is 0 Å². The molecule has 1 aromatic heterocycles. The number of halogens is 1. The number of nitrogens with zero attached hydrogens (tertiary/aromatic N) is 2. The fraction of sp³-hybridized carbons (Fsp3) is 0.231. The summed E-state index contributed by atoms with van der Waals surface area (Å²) in [5, 5.41) is 0.982. The molecule has 1 heterocycles. The molecule has 0 spiro atoms. The second-order valence-corrected chi connectivity index (χ2v) is 5.10. The second-order valence-electron chi connectivity index (χ2n) is 3.94. The van der Waals surface area contributed by atoms with Crippen LogP contribution < -0.4 is 4.74 Å². The normalized spacial score (nSPS) is 10.4. The maximum Gasteiger partial charge on any atom is 0.224 e. The fourth-order valence-electron chi connectivity index (χ4n) is 1.63. The summed E-state index contributed by atoms with van der Waals surface area (Å²) in [5.74, 6) is 1.22. The average molecular weight is 281 g/mol. The van der Waals surface area contributed by atoms with Gasteiger partial charge in [-0.1, -0.05) is 29.4 Å². The lowest BCUT2D eigenvalue weighted by Gasteiger charge is -2.08. The van der Waals surface area contributed by atoms with E-state index >= 15 is 0 Å². The van der Waals surface area contributed by atoms with Crippen LogP contribution in [0, 0.1) is 13.8 Å². The molecule has 0 aliphatic carbocycles. The molecular weight excluding hydrogens is 268 g/mol. The van der Waals surface area contributed by atoms with Crippen LogP contribution >= 0.6 is 23.4 Å². The lowest BCUT2D eigenvalue weighted by atomic mass is 10.1. The third-order valence-corrected chi connectivity index (χ3v) is 2.99. The first kappa shape index (κ1) is 13.2. The Morgan fingerprint density at radius 3 is 2.33 bits per heavy atom. The van der Waals surface area contributed by atoms with Crippen LogP contribution in [0.4, 0.5) is 0 Å². The summed E-state index contributed by atoms with van der Waals surface area (Å²) in [4.78, 5) is 8.32. The van der Waals surface area contributed by atoms with Gasteiger partial charge in [0.05, 0.1) is 0 Å². The summed E-state index contributed by atoms with van der Waals surface area (Å²) >= 11 is 7.34. The third kappa shape index (κ3) is 3.37. The summed E-state index contributed by atoms with van der Waals surface area (Å²) in [6.07, 6.45) is 1.90. The molecule has 0 saturated carbocycles. The molecule has 0 amide bonds. The molecule has 0 bridgehead atoms. The van der Waals surface area contributed by atoms with E-state index < -0.39 is 0 Å². The molecule has 0 radical (unpaired) electrons. The van der Waals surface area contributed by atoms with Crippen molar-refractivity contribution in [1.82, 2.24) is 9.97 Å². The first-order valence-corrected chi connectivity index (χ1v) is 7.02. The van der Waals surface area contributed by atoms with Crippen LogP contribution in [0.25, 0.3) is 0 Å². The maximum absolute atomic E-state index is 5.91. The van der Waals surface area contributed by atoms with Crippen LogP contribution in [0.3, 0.4) is 0 Å². The van der Waals surface area contributed by atoms with Crippen LogP contribution in [0.15, 0.2) is 29.4 Å². The van der Waals surface area contributed by atoms with E-state index in [0.29, 0.717) is 16.2 Å². The minimum absolute atomic E-state index is 0.383. The van der Waals surface area contributed by atoms with Gasteiger partial charge in [-0.3, -0.25) is 0 Å². The Hall–Kier alpha value is -1.26. The molecule has 0 saturated heterocycles. The number of benzene rings is 1. The number of hydrogen-bond donors (Lipinski definition) is 0. The van der Waals surface area contributed by atoms with Crippen molar-refractivity contribution in [3.05, 3.63) is 40.5 Å². The number of thioether (sulfide) groups is 1. The molecule has 2 rings (SSSR count). The zero-order valence-corrected chi connectivity index (χ0v) is 12.0. The highest BCUT2D eigenvalue weighted by Gasteiger charge is 2.05. The second kappa shape index (κ2) is 5.59. The largest absolute Gasteiger partial charge is 0.439 e. The number of rotatable bonds is 3. The van der Waals surface area contributed by atoms with E-state index in [2.05, 4.69) is 16.0 Å². The summed E-state index contributed by atoms with van der Waals surface area (Å²) in [5.41, 5.74) is 2.30. The predicted octanol–water partition coefficient (Wildman–Crippen LogP) is 4.26. The lowest BCUT2D eigenvalue weighted by Crippen LogP contribution is -1.93. The van der Waals surface area contributed by atoms with Crippen LogP contribution in [-0.4, -0.2) is 16.2 Å². The standard InChI is InChI=1S/C13H13ClN2OS/c1-8-4-9(2)6-10(5-8)17-12-7-11(14)15-13(16-12)18-3/h4-7H,1-3H3. The predicted molar refractivity (Wildman–Crippen MR) is 74.8 cm³/mol. The number of ether oxygens (including phenoxy) is 1. The Labute approximate surface area is 116 Å². The minimum atomic E-state index is 0.383. The molecule has 18 heavy (non-hydrogen) atoms. The van der Waals surface area contributed by atoms with Crippen LogP contribution in [-0.2, 0) is 0 Å². The van der Waals surface area contributed by atoms with Gasteiger partial charge in [0, 0.05) is 6.07 Å². The molecular formula is C13H13ClN2OS. The molecule has 0 aliphatic rings. The molecule has 94 valence electrons. The van der Waals surface area contributed by atoms with Gasteiger partial charge in [-0.05, 0) is 43.4 Å². The highest BCUT2D eigenvalue weighted by molar-refractivity contribution is 7.98. The van der Waals surface area contributed by atoms with Gasteiger partial charge < -0.3 is 4.74 Å². The Bertz CT molecular complexity index is 555. The van der Waals surface area contributed by atoms with Gasteiger partial charge in [-0.25, -0.2) is 4.98 Å². The topological polar surface area (TPSA) is 35.0 Å². The SMILES string of the molecule is CSc1nc(Cl)cc(Oc2cc(C)cc(C)c2)n1. The minimum Gasteiger partial charge on any atom is -0.439 e. The van der Waals surface area contributed by atoms with Gasteiger partial charge in [0.15, 0.2) is 5.16 Å². The number of aromatic nitrogens is 2. The molecule has 0 N–H and O–H groups in total. The fourth-order valence-corrected chi connectivity index (χ4v) is 2.23. The van der Waals surface area contributed by atoms with Crippen LogP contribution in [0.5, 0.6) is 11.6 Å². The van der Waals surface area contributed by atoms with Gasteiger partial charge in [0.2, 0.25) is 5.88 Å². The smallest absolute Gasteiger partial charge is 0.224 e. The number of hydrogen-bond acceptors (Lipinski definition) is 4. The van der Waals surface area contributed by atoms with Crippen molar-refractivity contribution >= 4 is 23.4 Å². The van der Waals surface area contributed by atoms with E-state index in [-0.39, 0.29) is 0 Å². The molecule has 0 fully saturated rings. The van der Waals surface area contributed by atoms with Crippen molar-refractivity contribution in [2.75, 3.05) is 6.26 Å². The quantitative estimate of drug-likeness (QED) is 0.478. The molecule has 0 unspecified atom stereocenters. The monoisotopic (exact) mass is 280 g/mol. The van der Waals surface area contributed by atoms with Crippen LogP contribution in [0.1, 0.15) is 11.1 Å². The Morgan fingerprint density at radius 1 is 1.06 bits per heavy atom. The van der Waals surface area contributed by atoms with E-state index in [0.717, 1.165) is 16.9 Å². The van der Waals surface area contributed by atoms with E-state index in [9.17, 15) is 0 Å². The van der Waals surface area contributed by atoms with Crippen molar-refractivity contribution in [3.8, 4) is 11.6 Å². The Morgan fingerprint density at radius 2 is 1.72 bits per heavy atom. The van der Waals surface area contributed by atoms with E-state index in [4.69, 9.17) is 16.3 Å². The molecule has 0 aliphatic heterocycles. The highest BCUT2D eigenvalue weighted by atomic mass is 35.5. The molecule has 0 atom stereocenters. The maximum atomic E-state index is 5.91. The molecule has 5 heteroatoms. The summed E-state index contributed by atoms with van der Waals surface area (Å²) in [6.45, 7) is 4.06. The van der Waals surface area contributed by atoms with Crippen molar-refractivity contribution in [1.29, 1.82) is 0 Å². The van der Waals surface area contributed by atoms with Gasteiger partial charge in [0.25, 0.3) is 0 Å². The molecule has 1 aromatic carbocycles. The number of aryl methyl sites for hydroxylation is 2. The zero-order valence-electron chi connectivity index (χ0n) is 10.4.